The number of halogens is 1. The lowest BCUT2D eigenvalue weighted by atomic mass is 10.1. The smallest absolute Gasteiger partial charge is 0.248 e. The van der Waals surface area contributed by atoms with E-state index >= 15 is 0 Å². The zero-order chi connectivity index (χ0) is 15.9. The van der Waals surface area contributed by atoms with Crippen molar-refractivity contribution in [1.29, 1.82) is 0 Å². The highest BCUT2D eigenvalue weighted by Gasteiger charge is 2.03. The van der Waals surface area contributed by atoms with Gasteiger partial charge in [0.05, 0.1) is 0 Å². The molecule has 0 radical (unpaired) electrons. The number of benzene rings is 2. The molecule has 1 amide bonds. The van der Waals surface area contributed by atoms with Crippen LogP contribution in [0.5, 0.6) is 5.75 Å². The second-order valence-corrected chi connectivity index (χ2v) is 5.54. The van der Waals surface area contributed by atoms with Gasteiger partial charge in [-0.1, -0.05) is 23.7 Å². The Hall–Kier alpha value is -2.04. The lowest BCUT2D eigenvalue weighted by Gasteiger charge is -2.17. The van der Waals surface area contributed by atoms with Crippen molar-refractivity contribution in [2.75, 3.05) is 20.2 Å². The van der Waals surface area contributed by atoms with Crippen LogP contribution in [0.1, 0.15) is 15.9 Å². The molecule has 0 aliphatic carbocycles. The van der Waals surface area contributed by atoms with Crippen LogP contribution >= 0.6 is 11.6 Å². The molecule has 0 fully saturated rings. The van der Waals surface area contributed by atoms with Crippen LogP contribution in [0.15, 0.2) is 48.5 Å². The van der Waals surface area contributed by atoms with E-state index in [-0.39, 0.29) is 0 Å². The van der Waals surface area contributed by atoms with Crippen molar-refractivity contribution in [1.82, 2.24) is 4.90 Å². The molecule has 2 rings (SSSR count). The Labute approximate surface area is 135 Å². The lowest BCUT2D eigenvalue weighted by molar-refractivity contribution is 0.100. The van der Waals surface area contributed by atoms with Crippen molar-refractivity contribution in [3.8, 4) is 5.75 Å². The molecular formula is C17H19ClN2O2. The maximum Gasteiger partial charge on any atom is 0.248 e. The van der Waals surface area contributed by atoms with Crippen molar-refractivity contribution in [2.45, 2.75) is 6.54 Å². The number of nitrogens with two attached hydrogens (primary N) is 1. The van der Waals surface area contributed by atoms with Crippen molar-refractivity contribution < 1.29 is 9.53 Å². The summed E-state index contributed by atoms with van der Waals surface area (Å²) in [7, 11) is 2.02. The predicted molar refractivity (Wildman–Crippen MR) is 88.2 cm³/mol. The van der Waals surface area contributed by atoms with Gasteiger partial charge in [-0.25, -0.2) is 0 Å². The second-order valence-electron chi connectivity index (χ2n) is 5.10. The van der Waals surface area contributed by atoms with Crippen molar-refractivity contribution in [3.63, 3.8) is 0 Å². The second kappa shape index (κ2) is 7.82. The number of amides is 1. The van der Waals surface area contributed by atoms with E-state index in [9.17, 15) is 4.79 Å². The number of carbonyl (C=O) groups is 1. The van der Waals surface area contributed by atoms with E-state index in [1.54, 1.807) is 24.3 Å². The zero-order valence-corrected chi connectivity index (χ0v) is 13.2. The Balaban J connectivity index is 1.76. The Bertz CT molecular complexity index is 612. The molecule has 116 valence electrons. The van der Waals surface area contributed by atoms with E-state index in [0.717, 1.165) is 24.4 Å². The molecule has 0 heterocycles. The fourth-order valence-corrected chi connectivity index (χ4v) is 2.14. The first-order chi connectivity index (χ1) is 10.5. The van der Waals surface area contributed by atoms with E-state index in [1.165, 1.54) is 0 Å². The first-order valence-corrected chi connectivity index (χ1v) is 7.38. The number of hydrogen-bond donors (Lipinski definition) is 1. The van der Waals surface area contributed by atoms with Crippen molar-refractivity contribution in [2.24, 2.45) is 5.73 Å². The number of carbonyl (C=O) groups excluding carboxylic acids is 1. The number of hydrogen-bond acceptors (Lipinski definition) is 3. The SMILES string of the molecule is CN(CCOc1ccc(Cl)cc1)Cc1ccc(C(N)=O)cc1. The van der Waals surface area contributed by atoms with E-state index in [2.05, 4.69) is 4.90 Å². The number of nitrogens with zero attached hydrogens (tertiary/aromatic N) is 1. The van der Waals surface area contributed by atoms with E-state index in [4.69, 9.17) is 22.1 Å². The first-order valence-electron chi connectivity index (χ1n) is 7.00. The minimum Gasteiger partial charge on any atom is -0.492 e. The van der Waals surface area contributed by atoms with Gasteiger partial charge in [0, 0.05) is 23.7 Å². The minimum absolute atomic E-state index is 0.406. The fourth-order valence-electron chi connectivity index (χ4n) is 2.02. The molecular weight excluding hydrogens is 300 g/mol. The summed E-state index contributed by atoms with van der Waals surface area (Å²) in [6, 6.07) is 14.6. The third-order valence-electron chi connectivity index (χ3n) is 3.25. The molecule has 2 N–H and O–H groups in total. The third kappa shape index (κ3) is 5.06. The zero-order valence-electron chi connectivity index (χ0n) is 12.5. The van der Waals surface area contributed by atoms with Crippen LogP contribution in [0.2, 0.25) is 5.02 Å². The summed E-state index contributed by atoms with van der Waals surface area (Å²) in [5.41, 5.74) is 6.87. The first kappa shape index (κ1) is 16.3. The highest BCUT2D eigenvalue weighted by atomic mass is 35.5. The number of ether oxygens (including phenoxy) is 1. The van der Waals surface area contributed by atoms with Crippen molar-refractivity contribution in [3.05, 3.63) is 64.7 Å². The average Bonchev–Trinajstić information content (AvgIpc) is 2.50. The maximum absolute atomic E-state index is 11.0. The molecule has 2 aromatic rings. The van der Waals surface area contributed by atoms with E-state index in [0.29, 0.717) is 17.2 Å². The summed E-state index contributed by atoms with van der Waals surface area (Å²) in [4.78, 5) is 13.2. The molecule has 0 atom stereocenters. The average molecular weight is 319 g/mol. The van der Waals surface area contributed by atoms with Gasteiger partial charge in [0.25, 0.3) is 0 Å². The van der Waals surface area contributed by atoms with Crippen molar-refractivity contribution >= 4 is 17.5 Å². The Morgan fingerprint density at radius 3 is 2.36 bits per heavy atom. The Morgan fingerprint density at radius 2 is 1.77 bits per heavy atom. The molecule has 0 bridgehead atoms. The summed E-state index contributed by atoms with van der Waals surface area (Å²) in [6.45, 7) is 2.17. The number of primary amides is 1. The number of rotatable bonds is 7. The van der Waals surface area contributed by atoms with Crippen LogP contribution in [0.3, 0.4) is 0 Å². The monoisotopic (exact) mass is 318 g/mol. The van der Waals surface area contributed by atoms with Gasteiger partial charge in [-0.3, -0.25) is 9.69 Å². The van der Waals surface area contributed by atoms with Gasteiger partial charge in [0.2, 0.25) is 5.91 Å². The Morgan fingerprint density at radius 1 is 1.14 bits per heavy atom. The van der Waals surface area contributed by atoms with Crippen LogP contribution in [-0.4, -0.2) is 31.0 Å². The van der Waals surface area contributed by atoms with Gasteiger partial charge in [-0.15, -0.1) is 0 Å². The third-order valence-corrected chi connectivity index (χ3v) is 3.50. The van der Waals surface area contributed by atoms with Gasteiger partial charge in [0.15, 0.2) is 0 Å². The topological polar surface area (TPSA) is 55.6 Å². The molecule has 0 unspecified atom stereocenters. The maximum atomic E-state index is 11.0. The van der Waals surface area contributed by atoms with Crippen LogP contribution in [0.4, 0.5) is 0 Å². The van der Waals surface area contributed by atoms with Crippen LogP contribution < -0.4 is 10.5 Å². The number of likely N-dealkylation sites (N-methyl/N-ethyl adjacent to an activating group) is 1. The summed E-state index contributed by atoms with van der Waals surface area (Å²) in [5, 5.41) is 0.698. The molecule has 0 saturated heterocycles. The highest BCUT2D eigenvalue weighted by Crippen LogP contribution is 2.15. The molecule has 0 aliphatic rings. The van der Waals surface area contributed by atoms with Crippen LogP contribution in [0, 0.1) is 0 Å². The summed E-state index contributed by atoms with van der Waals surface area (Å²) in [6.07, 6.45) is 0. The van der Waals surface area contributed by atoms with E-state index in [1.807, 2.05) is 31.3 Å². The molecule has 4 nitrogen and oxygen atoms in total. The van der Waals surface area contributed by atoms with Gasteiger partial charge in [0.1, 0.15) is 12.4 Å². The molecule has 0 aromatic heterocycles. The highest BCUT2D eigenvalue weighted by molar-refractivity contribution is 6.30. The molecule has 0 aliphatic heterocycles. The molecule has 22 heavy (non-hydrogen) atoms. The standard InChI is InChI=1S/C17H19ClN2O2/c1-20(10-11-22-16-8-6-15(18)7-9-16)12-13-2-4-14(5-3-13)17(19)21/h2-9H,10-12H2,1H3,(H2,19,21). The molecule has 5 heteroatoms. The van der Waals surface area contributed by atoms with Gasteiger partial charge in [-0.2, -0.15) is 0 Å². The molecule has 0 saturated carbocycles. The van der Waals surface area contributed by atoms with Gasteiger partial charge < -0.3 is 10.5 Å². The lowest BCUT2D eigenvalue weighted by Crippen LogP contribution is -2.24. The normalized spacial score (nSPS) is 10.7. The fraction of sp³-hybridized carbons (Fsp3) is 0.235. The molecule has 2 aromatic carbocycles. The summed E-state index contributed by atoms with van der Waals surface area (Å²) < 4.78 is 5.66. The summed E-state index contributed by atoms with van der Waals surface area (Å²) >= 11 is 5.82. The van der Waals surface area contributed by atoms with Gasteiger partial charge in [-0.05, 0) is 49.0 Å². The van der Waals surface area contributed by atoms with Crippen LogP contribution in [0.25, 0.3) is 0 Å². The van der Waals surface area contributed by atoms with Crippen LogP contribution in [-0.2, 0) is 6.54 Å². The molecule has 0 spiro atoms. The van der Waals surface area contributed by atoms with E-state index < -0.39 is 5.91 Å². The minimum atomic E-state index is -0.406. The largest absolute Gasteiger partial charge is 0.492 e. The Kier molecular flexibility index (Phi) is 5.81. The summed E-state index contributed by atoms with van der Waals surface area (Å²) in [5.74, 6) is 0.403. The van der Waals surface area contributed by atoms with Gasteiger partial charge >= 0.3 is 0 Å². The predicted octanol–water partition coefficient (Wildman–Crippen LogP) is 2.95. The quantitative estimate of drug-likeness (QED) is 0.854.